The third-order valence-corrected chi connectivity index (χ3v) is 3.92. The second-order valence-electron chi connectivity index (χ2n) is 4.88. The van der Waals surface area contributed by atoms with Crippen LogP contribution in [0.15, 0.2) is 24.3 Å². The number of aromatic nitrogens is 1. The topological polar surface area (TPSA) is 30.0 Å². The highest BCUT2D eigenvalue weighted by Crippen LogP contribution is 2.27. The fourth-order valence-electron chi connectivity index (χ4n) is 1.90. The van der Waals surface area contributed by atoms with Gasteiger partial charge >= 0.3 is 0 Å². The number of rotatable bonds is 4. The molecule has 0 aliphatic rings. The van der Waals surface area contributed by atoms with Crippen LogP contribution < -0.4 is 0 Å². The summed E-state index contributed by atoms with van der Waals surface area (Å²) in [6.45, 7) is 6.31. The predicted octanol–water partition coefficient (Wildman–Crippen LogP) is 4.13. The van der Waals surface area contributed by atoms with Crippen LogP contribution in [-0.2, 0) is 6.42 Å². The molecule has 18 heavy (non-hydrogen) atoms. The molecule has 0 fully saturated rings. The van der Waals surface area contributed by atoms with E-state index in [1.807, 2.05) is 6.92 Å². The monoisotopic (exact) mass is 259 g/mol. The molecular weight excluding hydrogens is 242 g/mol. The Morgan fingerprint density at radius 1 is 1.28 bits per heavy atom. The van der Waals surface area contributed by atoms with Gasteiger partial charge in [0.25, 0.3) is 0 Å². The smallest absolute Gasteiger partial charge is 0.161 e. The molecule has 2 nitrogen and oxygen atoms in total. The van der Waals surface area contributed by atoms with Gasteiger partial charge in [-0.3, -0.25) is 4.79 Å². The van der Waals surface area contributed by atoms with E-state index in [0.717, 1.165) is 33.8 Å². The van der Waals surface area contributed by atoms with Gasteiger partial charge in [0.2, 0.25) is 0 Å². The Balaban J connectivity index is 2.25. The summed E-state index contributed by atoms with van der Waals surface area (Å²) in [5.41, 5.74) is 3.25. The van der Waals surface area contributed by atoms with E-state index >= 15 is 0 Å². The molecule has 0 aliphatic heterocycles. The highest BCUT2D eigenvalue weighted by atomic mass is 32.1. The van der Waals surface area contributed by atoms with E-state index < -0.39 is 0 Å². The molecule has 94 valence electrons. The number of nitrogens with zero attached hydrogens (tertiary/aromatic N) is 1. The molecule has 2 rings (SSSR count). The van der Waals surface area contributed by atoms with Crippen LogP contribution in [0.3, 0.4) is 0 Å². The zero-order valence-electron chi connectivity index (χ0n) is 10.9. The lowest BCUT2D eigenvalue weighted by atomic mass is 10.0. The molecule has 0 N–H and O–H groups in total. The molecule has 1 heterocycles. The first kappa shape index (κ1) is 13.0. The molecule has 0 atom stereocenters. The molecule has 0 amide bonds. The summed E-state index contributed by atoms with van der Waals surface area (Å²) in [7, 11) is 0. The van der Waals surface area contributed by atoms with Crippen LogP contribution in [0.25, 0.3) is 10.6 Å². The maximum absolute atomic E-state index is 10.8. The summed E-state index contributed by atoms with van der Waals surface area (Å²) in [5.74, 6) is 0.666. The Morgan fingerprint density at radius 3 is 2.44 bits per heavy atom. The van der Waals surface area contributed by atoms with E-state index in [2.05, 4.69) is 43.1 Å². The molecule has 0 saturated heterocycles. The number of carbonyl (C=O) groups excluding carboxylic acids is 1. The van der Waals surface area contributed by atoms with Gasteiger partial charge in [-0.15, -0.1) is 11.3 Å². The van der Waals surface area contributed by atoms with Gasteiger partial charge in [-0.05, 0) is 24.8 Å². The third-order valence-electron chi connectivity index (χ3n) is 2.78. The lowest BCUT2D eigenvalue weighted by Crippen LogP contribution is -1.93. The number of thiazole rings is 1. The fourth-order valence-corrected chi connectivity index (χ4v) is 2.78. The minimum absolute atomic E-state index is 0.666. The summed E-state index contributed by atoms with van der Waals surface area (Å²) in [6.07, 6.45) is 1.97. The van der Waals surface area contributed by atoms with Crippen molar-refractivity contribution in [3.63, 3.8) is 0 Å². The summed E-state index contributed by atoms with van der Waals surface area (Å²) in [4.78, 5) is 16.0. The van der Waals surface area contributed by atoms with Crippen LogP contribution in [0.5, 0.6) is 0 Å². The van der Waals surface area contributed by atoms with E-state index in [9.17, 15) is 4.79 Å². The van der Waals surface area contributed by atoms with Crippen LogP contribution >= 0.6 is 11.3 Å². The molecule has 0 unspecified atom stereocenters. The van der Waals surface area contributed by atoms with E-state index in [0.29, 0.717) is 5.92 Å². The van der Waals surface area contributed by atoms with Gasteiger partial charge in [-0.2, -0.15) is 0 Å². The summed E-state index contributed by atoms with van der Waals surface area (Å²) in [5, 5.41) is 0.922. The lowest BCUT2D eigenvalue weighted by Gasteiger charge is -2.05. The normalized spacial score (nSPS) is 10.9. The fraction of sp³-hybridized carbons (Fsp3) is 0.333. The van der Waals surface area contributed by atoms with Gasteiger partial charge in [-0.1, -0.05) is 38.1 Å². The average molecular weight is 259 g/mol. The van der Waals surface area contributed by atoms with Crippen LogP contribution in [0, 0.1) is 12.8 Å². The molecular formula is C15H17NOS. The van der Waals surface area contributed by atoms with Crippen molar-refractivity contribution in [1.82, 2.24) is 4.98 Å². The number of hydrogen-bond acceptors (Lipinski definition) is 3. The predicted molar refractivity (Wildman–Crippen MR) is 76.2 cm³/mol. The highest BCUT2D eigenvalue weighted by Gasteiger charge is 2.08. The van der Waals surface area contributed by atoms with Gasteiger partial charge < -0.3 is 0 Å². The quantitative estimate of drug-likeness (QED) is 0.773. The molecule has 3 heteroatoms. The Kier molecular flexibility index (Phi) is 3.92. The van der Waals surface area contributed by atoms with Gasteiger partial charge in [0, 0.05) is 5.56 Å². The van der Waals surface area contributed by atoms with Gasteiger partial charge in [-0.25, -0.2) is 4.98 Å². The second-order valence-corrected chi connectivity index (χ2v) is 5.91. The van der Waals surface area contributed by atoms with Crippen molar-refractivity contribution >= 4 is 17.6 Å². The Labute approximate surface area is 112 Å². The van der Waals surface area contributed by atoms with Crippen LogP contribution in [0.2, 0.25) is 0 Å². The Hall–Kier alpha value is -1.48. The molecule has 0 aliphatic carbocycles. The molecule has 2 aromatic rings. The molecule has 0 saturated carbocycles. The number of carbonyl (C=O) groups is 1. The minimum Gasteiger partial charge on any atom is -0.297 e. The maximum atomic E-state index is 10.8. The molecule has 0 spiro atoms. The van der Waals surface area contributed by atoms with E-state index in [1.54, 1.807) is 0 Å². The van der Waals surface area contributed by atoms with Crippen molar-refractivity contribution in [3.05, 3.63) is 40.4 Å². The first-order valence-electron chi connectivity index (χ1n) is 6.12. The summed E-state index contributed by atoms with van der Waals surface area (Å²) >= 11 is 1.45. The number of aldehydes is 1. The van der Waals surface area contributed by atoms with Crippen molar-refractivity contribution in [1.29, 1.82) is 0 Å². The number of hydrogen-bond donors (Lipinski definition) is 0. The van der Waals surface area contributed by atoms with Crippen molar-refractivity contribution in [2.45, 2.75) is 27.2 Å². The van der Waals surface area contributed by atoms with E-state index in [-0.39, 0.29) is 0 Å². The second kappa shape index (κ2) is 5.44. The Bertz CT molecular complexity index is 540. The standard InChI is InChI=1S/C15H17NOS/c1-10(2)8-12-4-6-13(7-5-12)15-16-11(3)14(9-17)18-15/h4-7,9-10H,8H2,1-3H3. The van der Waals surface area contributed by atoms with E-state index in [4.69, 9.17) is 0 Å². The number of aryl methyl sites for hydroxylation is 1. The van der Waals surface area contributed by atoms with Gasteiger partial charge in [0.05, 0.1) is 10.6 Å². The van der Waals surface area contributed by atoms with Crippen molar-refractivity contribution in [3.8, 4) is 10.6 Å². The zero-order chi connectivity index (χ0) is 13.1. The van der Waals surface area contributed by atoms with Crippen LogP contribution in [0.1, 0.15) is 34.8 Å². The SMILES string of the molecule is Cc1nc(-c2ccc(CC(C)C)cc2)sc1C=O. The summed E-state index contributed by atoms with van der Waals surface area (Å²) in [6, 6.07) is 8.47. The van der Waals surface area contributed by atoms with Gasteiger partial charge in [0.15, 0.2) is 6.29 Å². The molecule has 0 bridgehead atoms. The van der Waals surface area contributed by atoms with Crippen LogP contribution in [-0.4, -0.2) is 11.3 Å². The third kappa shape index (κ3) is 2.85. The molecule has 1 aromatic heterocycles. The zero-order valence-corrected chi connectivity index (χ0v) is 11.8. The highest BCUT2D eigenvalue weighted by molar-refractivity contribution is 7.16. The van der Waals surface area contributed by atoms with Gasteiger partial charge in [0.1, 0.15) is 5.01 Å². The molecule has 0 radical (unpaired) electrons. The van der Waals surface area contributed by atoms with Crippen LogP contribution in [0.4, 0.5) is 0 Å². The largest absolute Gasteiger partial charge is 0.297 e. The maximum Gasteiger partial charge on any atom is 0.161 e. The van der Waals surface area contributed by atoms with E-state index in [1.165, 1.54) is 16.9 Å². The van der Waals surface area contributed by atoms with Crippen molar-refractivity contribution < 1.29 is 4.79 Å². The average Bonchev–Trinajstić information content (AvgIpc) is 2.71. The lowest BCUT2D eigenvalue weighted by molar-refractivity contribution is 0.112. The van der Waals surface area contributed by atoms with Crippen molar-refractivity contribution in [2.24, 2.45) is 5.92 Å². The molecule has 1 aromatic carbocycles. The first-order valence-corrected chi connectivity index (χ1v) is 6.93. The Morgan fingerprint density at radius 2 is 1.94 bits per heavy atom. The van der Waals surface area contributed by atoms with Crippen molar-refractivity contribution in [2.75, 3.05) is 0 Å². The first-order chi connectivity index (χ1) is 8.60. The summed E-state index contributed by atoms with van der Waals surface area (Å²) < 4.78 is 0. The number of benzene rings is 1. The minimum atomic E-state index is 0.666.